The molecule has 0 aromatic heterocycles. The van der Waals surface area contributed by atoms with Gasteiger partial charge in [-0.15, -0.1) is 0 Å². The molecule has 0 aliphatic carbocycles. The highest BCUT2D eigenvalue weighted by Gasteiger charge is 2.15. The molecular weight excluding hydrogens is 404 g/mol. The first-order chi connectivity index (χ1) is 15.5. The number of carbonyl (C=O) groups excluding carboxylic acids is 1. The largest absolute Gasteiger partial charge is 0.391 e. The van der Waals surface area contributed by atoms with E-state index < -0.39 is 12.0 Å². The number of allylic oxidation sites excluding steroid dienone is 1. The molecule has 3 rings (SSSR count). The third-order valence-corrected chi connectivity index (χ3v) is 5.82. The van der Waals surface area contributed by atoms with Crippen LogP contribution in [0.2, 0.25) is 0 Å². The van der Waals surface area contributed by atoms with Crippen LogP contribution in [0, 0.1) is 11.3 Å². The summed E-state index contributed by atoms with van der Waals surface area (Å²) in [6.45, 7) is 9.18. The summed E-state index contributed by atoms with van der Waals surface area (Å²) in [5, 5.41) is 27.4. The number of nitrogens with one attached hydrogen (secondary N) is 2. The third-order valence-electron chi connectivity index (χ3n) is 5.82. The second kappa shape index (κ2) is 11.6. The number of aliphatic hydroxyl groups excluding tert-OH is 1. The van der Waals surface area contributed by atoms with Gasteiger partial charge in [-0.1, -0.05) is 25.1 Å². The van der Waals surface area contributed by atoms with Gasteiger partial charge in [-0.2, -0.15) is 5.26 Å². The standard InChI is InChI=1S/C25H32N4O3/c1-3-23(30)17-28-25(31)24(16-26)18(2)19-4-5-21-15-22(7-6-20(21)14-19)27-8-9-29-10-12-32-13-11-29/h4-7,14-15,23,27,30H,3,8-13,17H2,1-2H3,(H,28,31)/b24-18+. The lowest BCUT2D eigenvalue weighted by atomic mass is 9.98. The van der Waals surface area contributed by atoms with E-state index in [9.17, 15) is 15.2 Å². The van der Waals surface area contributed by atoms with Crippen molar-refractivity contribution in [2.24, 2.45) is 0 Å². The maximum Gasteiger partial charge on any atom is 0.262 e. The van der Waals surface area contributed by atoms with Gasteiger partial charge < -0.3 is 20.5 Å². The summed E-state index contributed by atoms with van der Waals surface area (Å²) < 4.78 is 5.38. The Morgan fingerprint density at radius 3 is 2.66 bits per heavy atom. The van der Waals surface area contributed by atoms with Crippen molar-refractivity contribution in [3.63, 3.8) is 0 Å². The van der Waals surface area contributed by atoms with Crippen molar-refractivity contribution in [3.8, 4) is 6.07 Å². The van der Waals surface area contributed by atoms with E-state index in [1.807, 2.05) is 37.3 Å². The average Bonchev–Trinajstić information content (AvgIpc) is 2.83. The summed E-state index contributed by atoms with van der Waals surface area (Å²) >= 11 is 0. The van der Waals surface area contributed by atoms with E-state index in [0.717, 1.165) is 61.4 Å². The topological polar surface area (TPSA) is 97.6 Å². The quantitative estimate of drug-likeness (QED) is 0.413. The van der Waals surface area contributed by atoms with Crippen molar-refractivity contribution in [2.45, 2.75) is 26.4 Å². The highest BCUT2D eigenvalue weighted by molar-refractivity contribution is 6.05. The van der Waals surface area contributed by atoms with E-state index >= 15 is 0 Å². The molecule has 1 atom stereocenters. The van der Waals surface area contributed by atoms with Gasteiger partial charge in [0.25, 0.3) is 5.91 Å². The van der Waals surface area contributed by atoms with E-state index in [1.165, 1.54) is 0 Å². The van der Waals surface area contributed by atoms with Crippen molar-refractivity contribution in [2.75, 3.05) is 51.3 Å². The zero-order chi connectivity index (χ0) is 22.9. The molecule has 1 saturated heterocycles. The number of hydrogen-bond donors (Lipinski definition) is 3. The molecule has 2 aromatic carbocycles. The van der Waals surface area contributed by atoms with Gasteiger partial charge in [0.2, 0.25) is 0 Å². The van der Waals surface area contributed by atoms with Crippen molar-refractivity contribution in [1.82, 2.24) is 10.2 Å². The molecule has 0 saturated carbocycles. The summed E-state index contributed by atoms with van der Waals surface area (Å²) in [5.41, 5.74) is 2.57. The van der Waals surface area contributed by atoms with Gasteiger partial charge in [0, 0.05) is 38.4 Å². The van der Waals surface area contributed by atoms with Crippen molar-refractivity contribution >= 4 is 27.9 Å². The summed E-state index contributed by atoms with van der Waals surface area (Å²) in [4.78, 5) is 14.8. The molecule has 0 bridgehead atoms. The van der Waals surface area contributed by atoms with E-state index in [4.69, 9.17) is 4.74 Å². The zero-order valence-electron chi connectivity index (χ0n) is 18.9. The Hall–Kier alpha value is -2.92. The number of hydrogen-bond acceptors (Lipinski definition) is 6. The highest BCUT2D eigenvalue weighted by Crippen LogP contribution is 2.25. The van der Waals surface area contributed by atoms with Crippen LogP contribution < -0.4 is 10.6 Å². The van der Waals surface area contributed by atoms with Crippen LogP contribution in [0.15, 0.2) is 42.0 Å². The molecule has 32 heavy (non-hydrogen) atoms. The molecule has 170 valence electrons. The zero-order valence-corrected chi connectivity index (χ0v) is 18.9. The summed E-state index contributed by atoms with van der Waals surface area (Å²) in [6.07, 6.45) is -0.0730. The van der Waals surface area contributed by atoms with Crippen LogP contribution in [0.5, 0.6) is 0 Å². The lowest BCUT2D eigenvalue weighted by molar-refractivity contribution is -0.117. The Bertz CT molecular complexity index is 1010. The van der Waals surface area contributed by atoms with Crippen LogP contribution in [-0.4, -0.2) is 68.0 Å². The number of nitriles is 1. The lowest BCUT2D eigenvalue weighted by Gasteiger charge is -2.26. The Kier molecular flexibility index (Phi) is 8.63. The highest BCUT2D eigenvalue weighted by atomic mass is 16.5. The van der Waals surface area contributed by atoms with E-state index in [2.05, 4.69) is 27.7 Å². The van der Waals surface area contributed by atoms with Gasteiger partial charge in [-0.25, -0.2) is 0 Å². The Balaban J connectivity index is 1.68. The fourth-order valence-corrected chi connectivity index (χ4v) is 3.66. The van der Waals surface area contributed by atoms with Crippen LogP contribution in [0.25, 0.3) is 16.3 Å². The Morgan fingerprint density at radius 1 is 1.22 bits per heavy atom. The van der Waals surface area contributed by atoms with Crippen LogP contribution in [0.3, 0.4) is 0 Å². The molecule has 0 radical (unpaired) electrons. The molecule has 1 aliphatic rings. The first-order valence-electron chi connectivity index (χ1n) is 11.2. The van der Waals surface area contributed by atoms with Crippen molar-refractivity contribution < 1.29 is 14.6 Å². The fourth-order valence-electron chi connectivity index (χ4n) is 3.66. The molecule has 7 nitrogen and oxygen atoms in total. The van der Waals surface area contributed by atoms with Crippen LogP contribution in [0.4, 0.5) is 5.69 Å². The van der Waals surface area contributed by atoms with Crippen LogP contribution >= 0.6 is 0 Å². The number of carbonyl (C=O) groups is 1. The van der Waals surface area contributed by atoms with Crippen LogP contribution in [0.1, 0.15) is 25.8 Å². The van der Waals surface area contributed by atoms with E-state index in [1.54, 1.807) is 6.92 Å². The second-order valence-corrected chi connectivity index (χ2v) is 8.04. The molecule has 2 aromatic rings. The summed E-state index contributed by atoms with van der Waals surface area (Å²) in [7, 11) is 0. The average molecular weight is 437 g/mol. The number of fused-ring (bicyclic) bond motifs is 1. The number of aliphatic hydroxyl groups is 1. The van der Waals surface area contributed by atoms with Gasteiger partial charge in [0.05, 0.1) is 19.3 Å². The maximum absolute atomic E-state index is 12.4. The molecule has 1 heterocycles. The first-order valence-corrected chi connectivity index (χ1v) is 11.2. The van der Waals surface area contributed by atoms with E-state index in [-0.39, 0.29) is 12.1 Å². The SMILES string of the molecule is CCC(O)CNC(=O)/C(C#N)=C(\C)c1ccc2cc(NCCN3CCOCC3)ccc2c1. The molecule has 1 unspecified atom stereocenters. The van der Waals surface area contributed by atoms with E-state index in [0.29, 0.717) is 12.0 Å². The van der Waals surface area contributed by atoms with Gasteiger partial charge in [-0.05, 0) is 53.5 Å². The Labute approximate surface area is 189 Å². The van der Waals surface area contributed by atoms with Crippen molar-refractivity contribution in [1.29, 1.82) is 5.26 Å². The smallest absolute Gasteiger partial charge is 0.262 e. The van der Waals surface area contributed by atoms with Crippen LogP contribution in [-0.2, 0) is 9.53 Å². The Morgan fingerprint density at radius 2 is 1.94 bits per heavy atom. The molecular formula is C25H32N4O3. The van der Waals surface area contributed by atoms with Gasteiger partial charge in [-0.3, -0.25) is 9.69 Å². The van der Waals surface area contributed by atoms with Gasteiger partial charge in [0.15, 0.2) is 0 Å². The van der Waals surface area contributed by atoms with Gasteiger partial charge >= 0.3 is 0 Å². The normalized spacial score (nSPS) is 16.2. The first kappa shape index (κ1) is 23.7. The molecule has 7 heteroatoms. The summed E-state index contributed by atoms with van der Waals surface area (Å²) in [6, 6.07) is 14.2. The number of anilines is 1. The number of morpholine rings is 1. The van der Waals surface area contributed by atoms with Crippen molar-refractivity contribution in [3.05, 3.63) is 47.5 Å². The summed E-state index contributed by atoms with van der Waals surface area (Å²) in [5.74, 6) is -0.461. The molecule has 0 spiro atoms. The lowest BCUT2D eigenvalue weighted by Crippen LogP contribution is -2.38. The second-order valence-electron chi connectivity index (χ2n) is 8.04. The molecule has 1 amide bonds. The minimum atomic E-state index is -0.614. The predicted octanol–water partition coefficient (Wildman–Crippen LogP) is 2.77. The third kappa shape index (κ3) is 6.30. The number of amides is 1. The minimum absolute atomic E-state index is 0.0639. The fraction of sp³-hybridized carbons (Fsp3) is 0.440. The minimum Gasteiger partial charge on any atom is -0.391 e. The monoisotopic (exact) mass is 436 g/mol. The molecule has 3 N–H and O–H groups in total. The number of rotatable bonds is 9. The number of nitrogens with zero attached hydrogens (tertiary/aromatic N) is 2. The molecule has 1 fully saturated rings. The number of ether oxygens (including phenoxy) is 1. The maximum atomic E-state index is 12.4. The number of benzene rings is 2. The van der Waals surface area contributed by atoms with Gasteiger partial charge in [0.1, 0.15) is 11.6 Å². The molecule has 1 aliphatic heterocycles. The predicted molar refractivity (Wildman–Crippen MR) is 127 cm³/mol.